The average Bonchev–Trinajstić information content (AvgIpc) is 2.76. The van der Waals surface area contributed by atoms with E-state index in [9.17, 15) is 9.90 Å². The normalized spacial score (nSPS) is 42.1. The zero-order chi connectivity index (χ0) is 11.3. The molecule has 2 heterocycles. The highest BCUT2D eigenvalue weighted by Crippen LogP contribution is 2.57. The molecule has 4 atom stereocenters. The first kappa shape index (κ1) is 10.7. The lowest BCUT2D eigenvalue weighted by atomic mass is 10.0. The zero-order valence-corrected chi connectivity index (χ0v) is 7.19. The van der Waals surface area contributed by atoms with Crippen LogP contribution in [0.4, 0.5) is 0 Å². The van der Waals surface area contributed by atoms with Crippen molar-refractivity contribution in [3.8, 4) is 0 Å². The molecule has 2 saturated heterocycles. The monoisotopic (exact) mass is 224 g/mol. The summed E-state index contributed by atoms with van der Waals surface area (Å²) in [5.74, 6) is -6.01. The second-order valence-corrected chi connectivity index (χ2v) is 3.12. The van der Waals surface area contributed by atoms with Crippen molar-refractivity contribution in [2.24, 2.45) is 0 Å². The predicted octanol–water partition coefficient (Wildman–Crippen LogP) is -2.90. The van der Waals surface area contributed by atoms with Crippen molar-refractivity contribution >= 4 is 5.97 Å². The first-order chi connectivity index (χ1) is 7.00. The summed E-state index contributed by atoms with van der Waals surface area (Å²) in [6.07, 6.45) is -3.46. The molecular formula is C6H8O9. The molecule has 9 nitrogen and oxygen atoms in total. The van der Waals surface area contributed by atoms with E-state index in [1.54, 1.807) is 0 Å². The topological polar surface area (TPSA) is 138 Å². The van der Waals surface area contributed by atoms with Gasteiger partial charge in [-0.3, -0.25) is 4.74 Å². The average molecular weight is 224 g/mol. The Labute approximate surface area is 82.2 Å². The Hall–Kier alpha value is -0.810. The van der Waals surface area contributed by atoms with E-state index in [0.29, 0.717) is 0 Å². The van der Waals surface area contributed by atoms with Gasteiger partial charge in [-0.05, 0) is 0 Å². The SMILES string of the molecule is O=C(O)[C@@]12OOO[C@]1([C@H](O)[C@@H](O)CO)O2. The summed E-state index contributed by atoms with van der Waals surface area (Å²) in [7, 11) is 0. The van der Waals surface area contributed by atoms with Gasteiger partial charge in [-0.2, -0.15) is 9.78 Å². The van der Waals surface area contributed by atoms with E-state index in [0.717, 1.165) is 0 Å². The fraction of sp³-hybridized carbons (Fsp3) is 0.833. The van der Waals surface area contributed by atoms with Crippen molar-refractivity contribution in [3.05, 3.63) is 0 Å². The number of carboxylic acid groups (broad SMARTS) is 1. The number of carbonyl (C=O) groups is 1. The highest BCUT2D eigenvalue weighted by molar-refractivity contribution is 5.80. The van der Waals surface area contributed by atoms with Crippen LogP contribution in [0.3, 0.4) is 0 Å². The number of epoxide rings is 1. The van der Waals surface area contributed by atoms with Gasteiger partial charge in [0, 0.05) is 0 Å². The molecule has 2 aliphatic heterocycles. The van der Waals surface area contributed by atoms with E-state index < -0.39 is 36.4 Å². The van der Waals surface area contributed by atoms with Crippen molar-refractivity contribution in [1.29, 1.82) is 0 Å². The van der Waals surface area contributed by atoms with Gasteiger partial charge in [0.25, 0.3) is 0 Å². The van der Waals surface area contributed by atoms with Gasteiger partial charge < -0.3 is 20.4 Å². The molecule has 0 aromatic rings. The van der Waals surface area contributed by atoms with E-state index in [1.807, 2.05) is 0 Å². The molecule has 0 spiro atoms. The molecule has 2 rings (SSSR count). The Morgan fingerprint density at radius 1 is 1.33 bits per heavy atom. The lowest BCUT2D eigenvalue weighted by molar-refractivity contribution is -0.530. The summed E-state index contributed by atoms with van der Waals surface area (Å²) in [4.78, 5) is 19.2. The van der Waals surface area contributed by atoms with E-state index in [1.165, 1.54) is 0 Å². The Balaban J connectivity index is 2.20. The molecular weight excluding hydrogens is 216 g/mol. The molecule has 2 aliphatic rings. The Morgan fingerprint density at radius 3 is 2.47 bits per heavy atom. The minimum atomic E-state index is -2.29. The van der Waals surface area contributed by atoms with Crippen molar-refractivity contribution < 1.29 is 44.8 Å². The van der Waals surface area contributed by atoms with Crippen LogP contribution >= 0.6 is 0 Å². The van der Waals surface area contributed by atoms with Crippen molar-refractivity contribution in [1.82, 2.24) is 0 Å². The molecule has 0 amide bonds. The standard InChI is InChI=1S/C6H8O9/c7-1-2(8)3(9)5-6(12-5,4(10)11)14-15-13-5/h2-3,7-9H,1H2,(H,10,11)/t2-,3+,5-,6+/m0/s1. The predicted molar refractivity (Wildman–Crippen MR) is 36.5 cm³/mol. The summed E-state index contributed by atoms with van der Waals surface area (Å²) >= 11 is 0. The molecule has 0 aliphatic carbocycles. The molecule has 0 bridgehead atoms. The summed E-state index contributed by atoms with van der Waals surface area (Å²) < 4.78 is 4.58. The van der Waals surface area contributed by atoms with Crippen LogP contribution in [0.25, 0.3) is 0 Å². The smallest absolute Gasteiger partial charge is 0.373 e. The number of aliphatic hydroxyl groups excluding tert-OH is 3. The molecule has 4 N–H and O–H groups in total. The largest absolute Gasteiger partial charge is 0.477 e. The molecule has 2 fully saturated rings. The molecule has 9 heteroatoms. The first-order valence-corrected chi connectivity index (χ1v) is 3.94. The van der Waals surface area contributed by atoms with Gasteiger partial charge in [0.15, 0.2) is 0 Å². The number of aliphatic carboxylic acids is 1. The molecule has 86 valence electrons. The van der Waals surface area contributed by atoms with Gasteiger partial charge in [-0.25, -0.2) is 4.79 Å². The number of fused-ring (bicyclic) bond motifs is 1. The van der Waals surface area contributed by atoms with Gasteiger partial charge in [-0.15, -0.1) is 0 Å². The van der Waals surface area contributed by atoms with E-state index >= 15 is 0 Å². The fourth-order valence-electron chi connectivity index (χ4n) is 1.34. The lowest BCUT2D eigenvalue weighted by Crippen LogP contribution is -2.47. The van der Waals surface area contributed by atoms with Gasteiger partial charge in [-0.1, -0.05) is 5.04 Å². The number of rotatable bonds is 4. The summed E-state index contributed by atoms with van der Waals surface area (Å²) in [6.45, 7) is -0.800. The van der Waals surface area contributed by atoms with Crippen molar-refractivity contribution in [2.45, 2.75) is 23.8 Å². The second-order valence-electron chi connectivity index (χ2n) is 3.12. The maximum Gasteiger partial charge on any atom is 0.373 e. The number of ether oxygens (including phenoxy) is 1. The molecule has 0 unspecified atom stereocenters. The number of aliphatic hydroxyl groups is 3. The quantitative estimate of drug-likeness (QED) is 0.292. The van der Waals surface area contributed by atoms with Gasteiger partial charge in [0.05, 0.1) is 6.61 Å². The lowest BCUT2D eigenvalue weighted by Gasteiger charge is -2.17. The molecule has 0 aromatic heterocycles. The van der Waals surface area contributed by atoms with Crippen LogP contribution < -0.4 is 0 Å². The summed E-state index contributed by atoms with van der Waals surface area (Å²) in [5.41, 5.74) is 0. The number of hydrogen-bond acceptors (Lipinski definition) is 8. The van der Waals surface area contributed by atoms with E-state index in [4.69, 9.17) is 15.3 Å². The number of carboxylic acids is 1. The highest BCUT2D eigenvalue weighted by atomic mass is 17.6. The number of hydrogen-bond donors (Lipinski definition) is 4. The van der Waals surface area contributed by atoms with Crippen molar-refractivity contribution in [2.75, 3.05) is 6.61 Å². The maximum atomic E-state index is 10.7. The Kier molecular flexibility index (Phi) is 2.20. The van der Waals surface area contributed by atoms with Crippen LogP contribution in [-0.4, -0.2) is 56.8 Å². The van der Waals surface area contributed by atoms with E-state index in [-0.39, 0.29) is 0 Å². The van der Waals surface area contributed by atoms with Gasteiger partial charge in [0.1, 0.15) is 12.2 Å². The van der Waals surface area contributed by atoms with Crippen molar-refractivity contribution in [3.63, 3.8) is 0 Å². The highest BCUT2D eigenvalue weighted by Gasteiger charge is 2.89. The summed E-state index contributed by atoms with van der Waals surface area (Å²) in [5, 5.41) is 39.8. The third-order valence-corrected chi connectivity index (χ3v) is 2.24. The van der Waals surface area contributed by atoms with Gasteiger partial charge >= 0.3 is 17.5 Å². The maximum absolute atomic E-state index is 10.7. The van der Waals surface area contributed by atoms with Crippen LogP contribution in [0.2, 0.25) is 0 Å². The van der Waals surface area contributed by atoms with Crippen LogP contribution in [0.15, 0.2) is 0 Å². The molecule has 0 saturated carbocycles. The first-order valence-electron chi connectivity index (χ1n) is 3.94. The Morgan fingerprint density at radius 2 is 2.00 bits per heavy atom. The van der Waals surface area contributed by atoms with Crippen LogP contribution in [-0.2, 0) is 24.3 Å². The minimum Gasteiger partial charge on any atom is -0.477 e. The fourth-order valence-corrected chi connectivity index (χ4v) is 1.34. The third kappa shape index (κ3) is 1.13. The van der Waals surface area contributed by atoms with Crippen LogP contribution in [0.5, 0.6) is 0 Å². The zero-order valence-electron chi connectivity index (χ0n) is 7.19. The van der Waals surface area contributed by atoms with Crippen LogP contribution in [0, 0.1) is 0 Å². The van der Waals surface area contributed by atoms with Crippen LogP contribution in [0.1, 0.15) is 0 Å². The minimum absolute atomic E-state index is 0.800. The van der Waals surface area contributed by atoms with Gasteiger partial charge in [0.2, 0.25) is 0 Å². The third-order valence-electron chi connectivity index (χ3n) is 2.24. The second kappa shape index (κ2) is 3.09. The Bertz CT molecular complexity index is 292. The molecule has 15 heavy (non-hydrogen) atoms. The van der Waals surface area contributed by atoms with E-state index in [2.05, 4.69) is 19.6 Å². The summed E-state index contributed by atoms with van der Waals surface area (Å²) in [6, 6.07) is 0. The molecule has 0 aromatic carbocycles. The molecule has 0 radical (unpaired) electrons.